The van der Waals surface area contributed by atoms with Gasteiger partial charge in [-0.3, -0.25) is 0 Å². The number of nitrogens with one attached hydrogen (secondary N) is 1. The summed E-state index contributed by atoms with van der Waals surface area (Å²) in [5.41, 5.74) is -0.170. The molecule has 0 aliphatic heterocycles. The van der Waals surface area contributed by atoms with Crippen LogP contribution in [-0.2, 0) is 6.18 Å². The summed E-state index contributed by atoms with van der Waals surface area (Å²) in [4.78, 5) is 18.6. The van der Waals surface area contributed by atoms with Crippen LogP contribution in [0.4, 0.5) is 24.8 Å². The molecule has 0 radical (unpaired) electrons. The number of nitrogens with zero attached hydrogens (tertiary/aromatic N) is 2. The predicted molar refractivity (Wildman–Crippen MR) is 68.5 cm³/mol. The SMILES string of the molecule is Cc1nc(Nc2ccc(C(F)(F)F)cc2)ncc1C(=O)O. The van der Waals surface area contributed by atoms with Crippen molar-refractivity contribution < 1.29 is 23.1 Å². The highest BCUT2D eigenvalue weighted by Gasteiger charge is 2.29. The van der Waals surface area contributed by atoms with Gasteiger partial charge in [-0.15, -0.1) is 0 Å². The van der Waals surface area contributed by atoms with E-state index in [2.05, 4.69) is 15.3 Å². The molecule has 0 fully saturated rings. The van der Waals surface area contributed by atoms with Crippen LogP contribution in [0.1, 0.15) is 21.6 Å². The molecule has 5 nitrogen and oxygen atoms in total. The van der Waals surface area contributed by atoms with Crippen molar-refractivity contribution >= 4 is 17.6 Å². The van der Waals surface area contributed by atoms with Crippen LogP contribution < -0.4 is 5.32 Å². The van der Waals surface area contributed by atoms with E-state index >= 15 is 0 Å². The zero-order valence-corrected chi connectivity index (χ0v) is 10.8. The number of alkyl halides is 3. The van der Waals surface area contributed by atoms with Gasteiger partial charge in [0.1, 0.15) is 0 Å². The first-order valence-electron chi connectivity index (χ1n) is 5.78. The van der Waals surface area contributed by atoms with E-state index in [0.717, 1.165) is 18.3 Å². The molecular weight excluding hydrogens is 287 g/mol. The zero-order valence-electron chi connectivity index (χ0n) is 10.8. The Morgan fingerprint density at radius 2 is 1.86 bits per heavy atom. The number of aryl methyl sites for hydroxylation is 1. The van der Waals surface area contributed by atoms with Crippen molar-refractivity contribution in [1.29, 1.82) is 0 Å². The van der Waals surface area contributed by atoms with Crippen LogP contribution in [-0.4, -0.2) is 21.0 Å². The van der Waals surface area contributed by atoms with Gasteiger partial charge in [-0.2, -0.15) is 13.2 Å². The van der Waals surface area contributed by atoms with Crippen molar-refractivity contribution in [2.24, 2.45) is 0 Å². The lowest BCUT2D eigenvalue weighted by Gasteiger charge is -2.09. The second kappa shape index (κ2) is 5.39. The largest absolute Gasteiger partial charge is 0.478 e. The van der Waals surface area contributed by atoms with Crippen LogP contribution in [0.3, 0.4) is 0 Å². The van der Waals surface area contributed by atoms with Gasteiger partial charge in [0.2, 0.25) is 5.95 Å². The molecule has 0 saturated carbocycles. The summed E-state index contributed by atoms with van der Waals surface area (Å²) in [7, 11) is 0. The Kier molecular flexibility index (Phi) is 3.79. The maximum atomic E-state index is 12.4. The van der Waals surface area contributed by atoms with E-state index in [1.165, 1.54) is 19.1 Å². The molecule has 0 saturated heterocycles. The van der Waals surface area contributed by atoms with Gasteiger partial charge in [0.15, 0.2) is 0 Å². The van der Waals surface area contributed by atoms with Crippen molar-refractivity contribution in [3.05, 3.63) is 47.3 Å². The number of hydrogen-bond donors (Lipinski definition) is 2. The first-order chi connectivity index (χ1) is 9.77. The second-order valence-corrected chi connectivity index (χ2v) is 4.20. The summed E-state index contributed by atoms with van der Waals surface area (Å²) >= 11 is 0. The lowest BCUT2D eigenvalue weighted by molar-refractivity contribution is -0.137. The van der Waals surface area contributed by atoms with Crippen LogP contribution in [0.15, 0.2) is 30.5 Å². The Morgan fingerprint density at radius 1 is 1.24 bits per heavy atom. The number of carbonyl (C=O) groups is 1. The zero-order chi connectivity index (χ0) is 15.6. The smallest absolute Gasteiger partial charge is 0.416 e. The van der Waals surface area contributed by atoms with Crippen molar-refractivity contribution in [1.82, 2.24) is 9.97 Å². The van der Waals surface area contributed by atoms with Crippen molar-refractivity contribution in [2.45, 2.75) is 13.1 Å². The molecule has 0 unspecified atom stereocenters. The molecule has 2 rings (SSSR count). The number of benzene rings is 1. The maximum absolute atomic E-state index is 12.4. The average molecular weight is 297 g/mol. The van der Waals surface area contributed by atoms with E-state index in [1.807, 2.05) is 0 Å². The Labute approximate surface area is 117 Å². The molecule has 0 bridgehead atoms. The Hall–Kier alpha value is -2.64. The third kappa shape index (κ3) is 3.47. The molecule has 2 aromatic rings. The lowest BCUT2D eigenvalue weighted by Crippen LogP contribution is -2.07. The summed E-state index contributed by atoms with van der Waals surface area (Å²) in [5.74, 6) is -1.04. The Bertz CT molecular complexity index is 669. The molecule has 0 atom stereocenters. The summed E-state index contributed by atoms with van der Waals surface area (Å²) in [5, 5.41) is 11.6. The molecule has 1 heterocycles. The molecule has 0 aliphatic rings. The van der Waals surface area contributed by atoms with E-state index in [0.29, 0.717) is 5.69 Å². The minimum atomic E-state index is -4.39. The number of carboxylic acid groups (broad SMARTS) is 1. The highest BCUT2D eigenvalue weighted by molar-refractivity contribution is 5.88. The first-order valence-corrected chi connectivity index (χ1v) is 5.78. The van der Waals surface area contributed by atoms with E-state index in [9.17, 15) is 18.0 Å². The molecule has 0 aliphatic carbocycles. The lowest BCUT2D eigenvalue weighted by atomic mass is 10.2. The van der Waals surface area contributed by atoms with Gasteiger partial charge in [0.05, 0.1) is 16.8 Å². The van der Waals surface area contributed by atoms with Crippen LogP contribution in [0.5, 0.6) is 0 Å². The average Bonchev–Trinajstić information content (AvgIpc) is 2.38. The van der Waals surface area contributed by atoms with Gasteiger partial charge in [-0.1, -0.05) is 0 Å². The third-order valence-electron chi connectivity index (χ3n) is 2.68. The van der Waals surface area contributed by atoms with Crippen LogP contribution in [0.2, 0.25) is 0 Å². The van der Waals surface area contributed by atoms with E-state index in [4.69, 9.17) is 5.11 Å². The summed E-state index contributed by atoms with van der Waals surface area (Å²) in [6, 6.07) is 4.35. The number of aromatic nitrogens is 2. The normalized spacial score (nSPS) is 11.2. The molecule has 1 aromatic heterocycles. The second-order valence-electron chi connectivity index (χ2n) is 4.20. The van der Waals surface area contributed by atoms with Gasteiger partial charge in [-0.25, -0.2) is 14.8 Å². The number of aromatic carboxylic acids is 1. The van der Waals surface area contributed by atoms with Gasteiger partial charge >= 0.3 is 12.1 Å². The van der Waals surface area contributed by atoms with E-state index < -0.39 is 17.7 Å². The molecule has 110 valence electrons. The quantitative estimate of drug-likeness (QED) is 0.909. The minimum absolute atomic E-state index is 0.0343. The molecule has 2 N–H and O–H groups in total. The highest BCUT2D eigenvalue weighted by Crippen LogP contribution is 2.30. The molecule has 8 heteroatoms. The summed E-state index contributed by atoms with van der Waals surface area (Å²) < 4.78 is 37.3. The Morgan fingerprint density at radius 3 is 2.33 bits per heavy atom. The molecular formula is C13H10F3N3O2. The predicted octanol–water partition coefficient (Wildman–Crippen LogP) is 3.25. The fraction of sp³-hybridized carbons (Fsp3) is 0.154. The first kappa shape index (κ1) is 14.8. The Balaban J connectivity index is 2.19. The molecule has 0 amide bonds. The van der Waals surface area contributed by atoms with Crippen molar-refractivity contribution in [3.8, 4) is 0 Å². The molecule has 0 spiro atoms. The number of halogens is 3. The standard InChI is InChI=1S/C13H10F3N3O2/c1-7-10(11(20)21)6-17-12(18-7)19-9-4-2-8(3-5-9)13(14,15)16/h2-6H,1H3,(H,20,21)(H,17,18,19). The van der Waals surface area contributed by atoms with Crippen LogP contribution in [0.25, 0.3) is 0 Å². The summed E-state index contributed by atoms with van der Waals surface area (Å²) in [6.07, 6.45) is -3.26. The van der Waals surface area contributed by atoms with Crippen molar-refractivity contribution in [2.75, 3.05) is 5.32 Å². The van der Waals surface area contributed by atoms with E-state index in [1.54, 1.807) is 0 Å². The van der Waals surface area contributed by atoms with Crippen LogP contribution in [0, 0.1) is 6.92 Å². The monoisotopic (exact) mass is 297 g/mol. The number of anilines is 2. The van der Waals surface area contributed by atoms with Crippen molar-refractivity contribution in [3.63, 3.8) is 0 Å². The molecule has 21 heavy (non-hydrogen) atoms. The van der Waals surface area contributed by atoms with Gasteiger partial charge in [-0.05, 0) is 31.2 Å². The maximum Gasteiger partial charge on any atom is 0.416 e. The highest BCUT2D eigenvalue weighted by atomic mass is 19.4. The number of hydrogen-bond acceptors (Lipinski definition) is 4. The third-order valence-corrected chi connectivity index (χ3v) is 2.68. The fourth-order valence-corrected chi connectivity index (χ4v) is 1.61. The van der Waals surface area contributed by atoms with E-state index in [-0.39, 0.29) is 17.2 Å². The van der Waals surface area contributed by atoms with Gasteiger partial charge < -0.3 is 10.4 Å². The van der Waals surface area contributed by atoms with Gasteiger partial charge in [0, 0.05) is 11.9 Å². The topological polar surface area (TPSA) is 75.1 Å². The summed E-state index contributed by atoms with van der Waals surface area (Å²) in [6.45, 7) is 1.50. The number of rotatable bonds is 3. The van der Waals surface area contributed by atoms with Gasteiger partial charge in [0.25, 0.3) is 0 Å². The fourth-order valence-electron chi connectivity index (χ4n) is 1.61. The number of carboxylic acids is 1. The molecule has 1 aromatic carbocycles. The minimum Gasteiger partial charge on any atom is -0.478 e. The van der Waals surface area contributed by atoms with Crippen LogP contribution >= 0.6 is 0 Å².